The zero-order chi connectivity index (χ0) is 14.5. The van der Waals surface area contributed by atoms with E-state index < -0.39 is 0 Å². The first-order chi connectivity index (χ1) is 9.60. The first-order valence-electron chi connectivity index (χ1n) is 6.63. The second-order valence-corrected chi connectivity index (χ2v) is 5.09. The maximum absolute atomic E-state index is 8.68. The average molecular weight is 270 g/mol. The van der Waals surface area contributed by atoms with E-state index in [0.717, 1.165) is 24.3 Å². The van der Waals surface area contributed by atoms with E-state index in [9.17, 15) is 0 Å². The molecule has 0 atom stereocenters. The van der Waals surface area contributed by atoms with E-state index in [1.54, 1.807) is 18.3 Å². The molecule has 1 N–H and O–H groups in total. The van der Waals surface area contributed by atoms with Crippen LogP contribution in [0.2, 0.25) is 0 Å². The number of hydrogen-bond acceptors (Lipinski definition) is 5. The van der Waals surface area contributed by atoms with Gasteiger partial charge in [-0.05, 0) is 31.4 Å². The van der Waals surface area contributed by atoms with Gasteiger partial charge in [-0.3, -0.25) is 4.68 Å². The summed E-state index contributed by atoms with van der Waals surface area (Å²) in [4.78, 5) is 0. The molecule has 2 aromatic rings. The zero-order valence-corrected chi connectivity index (χ0v) is 12.0. The van der Waals surface area contributed by atoms with Crippen LogP contribution in [0, 0.1) is 24.2 Å². The fourth-order valence-electron chi connectivity index (χ4n) is 1.77. The van der Waals surface area contributed by atoms with Crippen molar-refractivity contribution in [3.05, 3.63) is 29.7 Å². The third-order valence-electron chi connectivity index (χ3n) is 3.06. The first-order valence-corrected chi connectivity index (χ1v) is 6.63. The van der Waals surface area contributed by atoms with Crippen LogP contribution in [-0.4, -0.2) is 20.0 Å². The minimum Gasteiger partial charge on any atom is -0.336 e. The lowest BCUT2D eigenvalue weighted by Gasteiger charge is -2.08. The minimum absolute atomic E-state index is 0.305. The van der Waals surface area contributed by atoms with Gasteiger partial charge in [-0.25, -0.2) is 0 Å². The first kappa shape index (κ1) is 14.0. The number of nitrogens with one attached hydrogen (secondary N) is 1. The smallest absolute Gasteiger partial charge is 0.163 e. The average Bonchev–Trinajstić information content (AvgIpc) is 2.78. The number of aryl methyl sites for hydroxylation is 1. The van der Waals surface area contributed by atoms with Crippen LogP contribution >= 0.6 is 0 Å². The van der Waals surface area contributed by atoms with Crippen LogP contribution < -0.4 is 5.32 Å². The van der Waals surface area contributed by atoms with Crippen LogP contribution in [0.4, 0.5) is 11.5 Å². The van der Waals surface area contributed by atoms with Gasteiger partial charge in [-0.15, -0.1) is 10.2 Å². The van der Waals surface area contributed by atoms with E-state index in [4.69, 9.17) is 5.26 Å². The molecule has 2 rings (SSSR count). The summed E-state index contributed by atoms with van der Waals surface area (Å²) in [5.41, 5.74) is 2.28. The monoisotopic (exact) mass is 270 g/mol. The molecule has 0 aliphatic heterocycles. The van der Waals surface area contributed by atoms with Crippen molar-refractivity contribution in [2.24, 2.45) is 5.92 Å². The highest BCUT2D eigenvalue weighted by atomic mass is 15.3. The molecule has 0 aliphatic carbocycles. The van der Waals surface area contributed by atoms with Gasteiger partial charge < -0.3 is 5.32 Å². The number of aromatic nitrogens is 4. The van der Waals surface area contributed by atoms with Crippen LogP contribution in [0.15, 0.2) is 18.3 Å². The Hall–Kier alpha value is -2.42. The summed E-state index contributed by atoms with van der Waals surface area (Å²) in [6.07, 6.45) is 2.88. The van der Waals surface area contributed by atoms with Crippen molar-refractivity contribution in [1.29, 1.82) is 5.26 Å². The van der Waals surface area contributed by atoms with Crippen LogP contribution in [-0.2, 0) is 6.54 Å². The van der Waals surface area contributed by atoms with E-state index in [0.29, 0.717) is 17.4 Å². The molecule has 6 heteroatoms. The van der Waals surface area contributed by atoms with E-state index in [1.165, 1.54) is 0 Å². The Kier molecular flexibility index (Phi) is 4.31. The van der Waals surface area contributed by atoms with Crippen molar-refractivity contribution in [3.8, 4) is 6.07 Å². The Balaban J connectivity index is 2.07. The van der Waals surface area contributed by atoms with E-state index >= 15 is 0 Å². The van der Waals surface area contributed by atoms with Crippen LogP contribution in [0.25, 0.3) is 0 Å². The highest BCUT2D eigenvalue weighted by Gasteiger charge is 2.08. The summed E-state index contributed by atoms with van der Waals surface area (Å²) in [6.45, 7) is 7.33. The predicted molar refractivity (Wildman–Crippen MR) is 76.4 cm³/mol. The van der Waals surface area contributed by atoms with Crippen LogP contribution in [0.3, 0.4) is 0 Å². The summed E-state index contributed by atoms with van der Waals surface area (Å²) in [5, 5.41) is 24.0. The molecular weight excluding hydrogens is 252 g/mol. The molecule has 0 fully saturated rings. The topological polar surface area (TPSA) is 79.4 Å². The van der Waals surface area contributed by atoms with Crippen molar-refractivity contribution in [2.75, 3.05) is 5.32 Å². The maximum atomic E-state index is 8.68. The normalized spacial score (nSPS) is 10.6. The van der Waals surface area contributed by atoms with Gasteiger partial charge in [-0.2, -0.15) is 10.4 Å². The highest BCUT2D eigenvalue weighted by molar-refractivity contribution is 5.57. The maximum Gasteiger partial charge on any atom is 0.163 e. The molecule has 0 spiro atoms. The van der Waals surface area contributed by atoms with Gasteiger partial charge in [0.2, 0.25) is 0 Å². The molecule has 0 saturated heterocycles. The van der Waals surface area contributed by atoms with Gasteiger partial charge in [0, 0.05) is 6.54 Å². The SMILES string of the molecule is Cc1c(Nc2ccc(C#N)nn2)cnn1CCC(C)C. The number of nitrogens with zero attached hydrogens (tertiary/aromatic N) is 5. The van der Waals surface area contributed by atoms with Crippen LogP contribution in [0.5, 0.6) is 0 Å². The van der Waals surface area contributed by atoms with Gasteiger partial charge in [0.15, 0.2) is 11.5 Å². The lowest BCUT2D eigenvalue weighted by molar-refractivity contribution is 0.480. The Bertz CT molecular complexity index is 606. The zero-order valence-electron chi connectivity index (χ0n) is 12.0. The number of hydrogen-bond donors (Lipinski definition) is 1. The largest absolute Gasteiger partial charge is 0.336 e. The molecule has 0 aromatic carbocycles. The third kappa shape index (κ3) is 3.32. The summed E-state index contributed by atoms with van der Waals surface area (Å²) in [6, 6.07) is 5.31. The lowest BCUT2D eigenvalue weighted by Crippen LogP contribution is -2.05. The molecule has 2 heterocycles. The number of nitriles is 1. The second-order valence-electron chi connectivity index (χ2n) is 5.09. The Morgan fingerprint density at radius 1 is 1.35 bits per heavy atom. The van der Waals surface area contributed by atoms with E-state index in [2.05, 4.69) is 34.5 Å². The Morgan fingerprint density at radius 3 is 2.75 bits per heavy atom. The van der Waals surface area contributed by atoms with Crippen molar-refractivity contribution >= 4 is 11.5 Å². The molecule has 0 bridgehead atoms. The molecular formula is C14H18N6. The van der Waals surface area contributed by atoms with E-state index in [-0.39, 0.29) is 0 Å². The summed E-state index contributed by atoms with van der Waals surface area (Å²) in [5.74, 6) is 1.26. The third-order valence-corrected chi connectivity index (χ3v) is 3.06. The minimum atomic E-state index is 0.305. The van der Waals surface area contributed by atoms with Gasteiger partial charge in [0.25, 0.3) is 0 Å². The Morgan fingerprint density at radius 2 is 2.15 bits per heavy atom. The molecule has 104 valence electrons. The number of rotatable bonds is 5. The summed E-state index contributed by atoms with van der Waals surface area (Å²) < 4.78 is 1.99. The van der Waals surface area contributed by atoms with Gasteiger partial charge in [-0.1, -0.05) is 13.8 Å². The van der Waals surface area contributed by atoms with Gasteiger partial charge in [0.05, 0.1) is 17.6 Å². The van der Waals surface area contributed by atoms with Gasteiger partial charge in [0.1, 0.15) is 6.07 Å². The molecule has 0 radical (unpaired) electrons. The fourth-order valence-corrected chi connectivity index (χ4v) is 1.77. The standard InChI is InChI=1S/C14H18N6/c1-10(2)6-7-20-11(3)13(9-16-20)17-14-5-4-12(8-15)18-19-14/h4-5,9-10H,6-7H2,1-3H3,(H,17,19). The number of anilines is 2. The van der Waals surface area contributed by atoms with Crippen LogP contribution in [0.1, 0.15) is 31.7 Å². The Labute approximate surface area is 118 Å². The molecule has 2 aromatic heterocycles. The summed E-state index contributed by atoms with van der Waals surface area (Å²) in [7, 11) is 0. The highest BCUT2D eigenvalue weighted by Crippen LogP contribution is 2.19. The molecule has 6 nitrogen and oxygen atoms in total. The quantitative estimate of drug-likeness (QED) is 0.903. The molecule has 0 aliphatic rings. The van der Waals surface area contributed by atoms with E-state index in [1.807, 2.05) is 17.7 Å². The molecule has 20 heavy (non-hydrogen) atoms. The molecule has 0 saturated carbocycles. The summed E-state index contributed by atoms with van der Waals surface area (Å²) >= 11 is 0. The van der Waals surface area contributed by atoms with Gasteiger partial charge >= 0.3 is 0 Å². The van der Waals surface area contributed by atoms with Crippen molar-refractivity contribution in [1.82, 2.24) is 20.0 Å². The predicted octanol–water partition coefficient (Wildman–Crippen LogP) is 2.64. The molecule has 0 amide bonds. The molecule has 0 unspecified atom stereocenters. The van der Waals surface area contributed by atoms with Crippen molar-refractivity contribution < 1.29 is 0 Å². The van der Waals surface area contributed by atoms with Crippen molar-refractivity contribution in [2.45, 2.75) is 33.7 Å². The van der Waals surface area contributed by atoms with Crippen molar-refractivity contribution in [3.63, 3.8) is 0 Å². The fraction of sp³-hybridized carbons (Fsp3) is 0.429. The lowest BCUT2D eigenvalue weighted by atomic mass is 10.1. The second kappa shape index (κ2) is 6.15.